The van der Waals surface area contributed by atoms with Crippen LogP contribution in [0.2, 0.25) is 0 Å². The Labute approximate surface area is 104 Å². The fraction of sp³-hybridized carbons (Fsp3) is 0.417. The van der Waals surface area contributed by atoms with Crippen molar-refractivity contribution < 1.29 is 9.53 Å². The summed E-state index contributed by atoms with van der Waals surface area (Å²) < 4.78 is 6.49. The van der Waals surface area contributed by atoms with Crippen LogP contribution in [0.1, 0.15) is 20.8 Å². The molecule has 0 aliphatic rings. The van der Waals surface area contributed by atoms with Gasteiger partial charge >= 0.3 is 0 Å². The molecular formula is C12H15IO2. The van der Waals surface area contributed by atoms with Gasteiger partial charge in [-0.15, -0.1) is 0 Å². The maximum atomic E-state index is 11.6. The zero-order valence-corrected chi connectivity index (χ0v) is 11.4. The summed E-state index contributed by atoms with van der Waals surface area (Å²) in [7, 11) is 0. The molecule has 2 nitrogen and oxygen atoms in total. The molecule has 3 heteroatoms. The average Bonchev–Trinajstić information content (AvgIpc) is 2.14. The maximum Gasteiger partial charge on any atom is 0.175 e. The molecule has 0 spiro atoms. The fourth-order valence-electron chi connectivity index (χ4n) is 0.922. The van der Waals surface area contributed by atoms with Gasteiger partial charge in [-0.25, -0.2) is 0 Å². The van der Waals surface area contributed by atoms with Crippen LogP contribution >= 0.6 is 22.6 Å². The normalized spacial score (nSPS) is 11.2. The predicted octanol–water partition coefficient (Wildman–Crippen LogP) is 3.29. The molecule has 0 aliphatic heterocycles. The first-order valence-corrected chi connectivity index (χ1v) is 5.90. The Hall–Kier alpha value is -0.580. The van der Waals surface area contributed by atoms with Gasteiger partial charge < -0.3 is 4.74 Å². The van der Waals surface area contributed by atoms with Crippen LogP contribution in [0, 0.1) is 8.99 Å². The zero-order valence-electron chi connectivity index (χ0n) is 9.21. The molecular weight excluding hydrogens is 303 g/mol. The SMILES string of the molecule is CC(C)(C)C(=O)COc1ccccc1I. The molecule has 0 atom stereocenters. The number of carbonyl (C=O) groups excluding carboxylic acids is 1. The van der Waals surface area contributed by atoms with Gasteiger partial charge in [0.25, 0.3) is 0 Å². The Bertz CT molecular complexity index is 353. The number of ketones is 1. The van der Waals surface area contributed by atoms with E-state index in [2.05, 4.69) is 22.6 Å². The fourth-order valence-corrected chi connectivity index (χ4v) is 1.46. The summed E-state index contributed by atoms with van der Waals surface area (Å²) in [5, 5.41) is 0. The molecule has 0 radical (unpaired) electrons. The van der Waals surface area contributed by atoms with Crippen LogP contribution in [0.25, 0.3) is 0 Å². The smallest absolute Gasteiger partial charge is 0.175 e. The first-order valence-electron chi connectivity index (χ1n) is 4.82. The largest absolute Gasteiger partial charge is 0.485 e. The summed E-state index contributed by atoms with van der Waals surface area (Å²) in [6, 6.07) is 7.68. The lowest BCUT2D eigenvalue weighted by molar-refractivity contribution is -0.128. The molecule has 0 amide bonds. The van der Waals surface area contributed by atoms with Crippen molar-refractivity contribution >= 4 is 28.4 Å². The Morgan fingerprint density at radius 3 is 2.47 bits per heavy atom. The summed E-state index contributed by atoms with van der Waals surface area (Å²) in [5.41, 5.74) is -0.333. The van der Waals surface area contributed by atoms with E-state index < -0.39 is 0 Å². The minimum atomic E-state index is -0.333. The van der Waals surface area contributed by atoms with Crippen LogP contribution in [0.15, 0.2) is 24.3 Å². The number of Topliss-reactive ketones (excluding diaryl/α,β-unsaturated/α-hetero) is 1. The van der Waals surface area contributed by atoms with E-state index in [-0.39, 0.29) is 17.8 Å². The Morgan fingerprint density at radius 1 is 1.33 bits per heavy atom. The summed E-state index contributed by atoms with van der Waals surface area (Å²) in [6.07, 6.45) is 0. The number of halogens is 1. The van der Waals surface area contributed by atoms with Crippen molar-refractivity contribution in [3.63, 3.8) is 0 Å². The van der Waals surface area contributed by atoms with Gasteiger partial charge in [0.05, 0.1) is 3.57 Å². The monoisotopic (exact) mass is 318 g/mol. The van der Waals surface area contributed by atoms with E-state index >= 15 is 0 Å². The Morgan fingerprint density at radius 2 is 1.93 bits per heavy atom. The van der Waals surface area contributed by atoms with E-state index in [1.165, 1.54) is 0 Å². The quantitative estimate of drug-likeness (QED) is 0.800. The van der Waals surface area contributed by atoms with Gasteiger partial charge in [0, 0.05) is 5.41 Å². The molecule has 1 aromatic rings. The third-order valence-corrected chi connectivity index (χ3v) is 2.92. The van der Waals surface area contributed by atoms with E-state index in [0.29, 0.717) is 0 Å². The molecule has 15 heavy (non-hydrogen) atoms. The van der Waals surface area contributed by atoms with Crippen LogP contribution in [-0.4, -0.2) is 12.4 Å². The Kier molecular flexibility index (Phi) is 4.13. The molecule has 0 fully saturated rings. The highest BCUT2D eigenvalue weighted by Crippen LogP contribution is 2.21. The summed E-state index contributed by atoms with van der Waals surface area (Å²) in [6.45, 7) is 5.83. The number of ether oxygens (including phenoxy) is 1. The van der Waals surface area contributed by atoms with Crippen LogP contribution < -0.4 is 4.74 Å². The minimum absolute atomic E-state index is 0.113. The lowest BCUT2D eigenvalue weighted by Crippen LogP contribution is -2.26. The number of rotatable bonds is 3. The molecule has 0 saturated carbocycles. The summed E-state index contributed by atoms with van der Waals surface area (Å²) >= 11 is 2.19. The van der Waals surface area contributed by atoms with E-state index in [9.17, 15) is 4.79 Å². The molecule has 0 aromatic heterocycles. The average molecular weight is 318 g/mol. The van der Waals surface area contributed by atoms with Crippen LogP contribution in [0.3, 0.4) is 0 Å². The molecule has 0 bridgehead atoms. The van der Waals surface area contributed by atoms with Crippen molar-refractivity contribution in [2.75, 3.05) is 6.61 Å². The first kappa shape index (κ1) is 12.5. The van der Waals surface area contributed by atoms with Gasteiger partial charge in [-0.3, -0.25) is 4.79 Å². The predicted molar refractivity (Wildman–Crippen MR) is 69.1 cm³/mol. The molecule has 1 rings (SSSR count). The third kappa shape index (κ3) is 3.81. The van der Waals surface area contributed by atoms with Crippen molar-refractivity contribution in [2.24, 2.45) is 5.41 Å². The van der Waals surface area contributed by atoms with Gasteiger partial charge in [-0.2, -0.15) is 0 Å². The van der Waals surface area contributed by atoms with Gasteiger partial charge in [0.15, 0.2) is 5.78 Å². The van der Waals surface area contributed by atoms with E-state index in [0.717, 1.165) is 9.32 Å². The lowest BCUT2D eigenvalue weighted by atomic mass is 9.91. The van der Waals surface area contributed by atoms with Crippen molar-refractivity contribution in [3.05, 3.63) is 27.8 Å². The molecule has 0 heterocycles. The molecule has 0 unspecified atom stereocenters. The van der Waals surface area contributed by atoms with Crippen LogP contribution in [0.4, 0.5) is 0 Å². The van der Waals surface area contributed by atoms with Crippen molar-refractivity contribution in [1.29, 1.82) is 0 Å². The Balaban J connectivity index is 2.59. The maximum absolute atomic E-state index is 11.6. The van der Waals surface area contributed by atoms with Gasteiger partial charge in [0.1, 0.15) is 12.4 Å². The second-order valence-electron chi connectivity index (χ2n) is 4.39. The minimum Gasteiger partial charge on any atom is -0.485 e. The topological polar surface area (TPSA) is 26.3 Å². The van der Waals surface area contributed by atoms with Crippen molar-refractivity contribution in [2.45, 2.75) is 20.8 Å². The number of para-hydroxylation sites is 1. The second-order valence-corrected chi connectivity index (χ2v) is 5.55. The highest BCUT2D eigenvalue weighted by Gasteiger charge is 2.21. The number of hydrogen-bond acceptors (Lipinski definition) is 2. The number of benzene rings is 1. The number of carbonyl (C=O) groups is 1. The molecule has 0 saturated heterocycles. The standard InChI is InChI=1S/C12H15IO2/c1-12(2,3)11(14)8-15-10-7-5-4-6-9(10)13/h4-7H,8H2,1-3H3. The lowest BCUT2D eigenvalue weighted by Gasteiger charge is -2.17. The number of hydrogen-bond donors (Lipinski definition) is 0. The van der Waals surface area contributed by atoms with Gasteiger partial charge in [0.2, 0.25) is 0 Å². The van der Waals surface area contributed by atoms with E-state index in [1.54, 1.807) is 0 Å². The van der Waals surface area contributed by atoms with Crippen molar-refractivity contribution in [3.8, 4) is 5.75 Å². The molecule has 0 N–H and O–H groups in total. The molecule has 82 valence electrons. The second kappa shape index (κ2) is 4.96. The molecule has 0 aliphatic carbocycles. The zero-order chi connectivity index (χ0) is 11.5. The molecule has 1 aromatic carbocycles. The highest BCUT2D eigenvalue weighted by atomic mass is 127. The van der Waals surface area contributed by atoms with Gasteiger partial charge in [-0.1, -0.05) is 32.9 Å². The van der Waals surface area contributed by atoms with E-state index in [4.69, 9.17) is 4.74 Å². The summed E-state index contributed by atoms with van der Waals surface area (Å²) in [4.78, 5) is 11.6. The highest BCUT2D eigenvalue weighted by molar-refractivity contribution is 14.1. The van der Waals surface area contributed by atoms with Gasteiger partial charge in [-0.05, 0) is 34.7 Å². The third-order valence-electron chi connectivity index (χ3n) is 2.03. The van der Waals surface area contributed by atoms with Crippen molar-refractivity contribution in [1.82, 2.24) is 0 Å². The summed E-state index contributed by atoms with van der Waals surface area (Å²) in [5.74, 6) is 0.887. The van der Waals surface area contributed by atoms with E-state index in [1.807, 2.05) is 45.0 Å². The first-order chi connectivity index (χ1) is 6.91. The van der Waals surface area contributed by atoms with Crippen LogP contribution in [-0.2, 0) is 4.79 Å². The van der Waals surface area contributed by atoms with Crippen LogP contribution in [0.5, 0.6) is 5.75 Å².